The first-order chi connectivity index (χ1) is 9.00. The molecule has 7 heteroatoms. The average Bonchev–Trinajstić information content (AvgIpc) is 2.73. The molecule has 2 aromatic heterocycles. The van der Waals surface area contributed by atoms with Crippen LogP contribution < -0.4 is 11.1 Å². The second-order valence-electron chi connectivity index (χ2n) is 4.22. The number of aromatic nitrogens is 1. The van der Waals surface area contributed by atoms with Crippen LogP contribution in [0.5, 0.6) is 0 Å². The zero-order valence-electron chi connectivity index (χ0n) is 10.7. The van der Waals surface area contributed by atoms with E-state index in [1.54, 1.807) is 18.5 Å². The normalized spacial score (nSPS) is 14.2. The quantitative estimate of drug-likeness (QED) is 0.892. The molecule has 0 bridgehead atoms. The van der Waals surface area contributed by atoms with Crippen LogP contribution in [0.2, 0.25) is 0 Å². The molecule has 1 amide bonds. The zero-order chi connectivity index (χ0) is 14.0. The molecule has 0 aliphatic rings. The molecule has 0 saturated carbocycles. The van der Waals surface area contributed by atoms with Crippen molar-refractivity contribution in [1.82, 2.24) is 10.3 Å². The van der Waals surface area contributed by atoms with Crippen molar-refractivity contribution in [3.05, 3.63) is 23.2 Å². The van der Waals surface area contributed by atoms with Crippen LogP contribution in [0.4, 0.5) is 5.69 Å². The minimum absolute atomic E-state index is 0.0855. The highest BCUT2D eigenvalue weighted by Crippen LogP contribution is 2.31. The van der Waals surface area contributed by atoms with Gasteiger partial charge in [-0.3, -0.25) is 9.00 Å². The number of carbonyl (C=O) groups is 1. The third-order valence-electron chi connectivity index (χ3n) is 2.83. The first-order valence-electron chi connectivity index (χ1n) is 5.74. The van der Waals surface area contributed by atoms with Crippen LogP contribution in [0, 0.1) is 0 Å². The predicted octanol–water partition coefficient (Wildman–Crippen LogP) is 1.38. The van der Waals surface area contributed by atoms with Gasteiger partial charge in [-0.1, -0.05) is 0 Å². The van der Waals surface area contributed by atoms with Crippen molar-refractivity contribution in [2.24, 2.45) is 0 Å². The molecule has 2 rings (SSSR count). The van der Waals surface area contributed by atoms with Gasteiger partial charge in [0.2, 0.25) is 0 Å². The molecule has 0 aliphatic heterocycles. The van der Waals surface area contributed by atoms with Crippen LogP contribution in [0.1, 0.15) is 16.6 Å². The average molecular weight is 297 g/mol. The van der Waals surface area contributed by atoms with E-state index in [9.17, 15) is 9.00 Å². The number of carbonyl (C=O) groups excluding carboxylic acids is 1. The molecule has 3 N–H and O–H groups in total. The molecular formula is C12H15N3O2S2. The molecule has 102 valence electrons. The summed E-state index contributed by atoms with van der Waals surface area (Å²) in [6, 6.07) is 3.63. The van der Waals surface area contributed by atoms with Gasteiger partial charge in [0.05, 0.1) is 5.69 Å². The van der Waals surface area contributed by atoms with Crippen molar-refractivity contribution in [1.29, 1.82) is 0 Å². The minimum Gasteiger partial charge on any atom is -0.397 e. The van der Waals surface area contributed by atoms with E-state index in [0.29, 0.717) is 17.1 Å². The Labute approximate surface area is 117 Å². The fraction of sp³-hybridized carbons (Fsp3) is 0.333. The van der Waals surface area contributed by atoms with Gasteiger partial charge in [0.25, 0.3) is 5.91 Å². The molecule has 19 heavy (non-hydrogen) atoms. The molecule has 0 aliphatic carbocycles. The number of nitrogens with zero attached hydrogens (tertiary/aromatic N) is 1. The molecule has 5 nitrogen and oxygen atoms in total. The highest BCUT2D eigenvalue weighted by atomic mass is 32.2. The first kappa shape index (κ1) is 14.0. The number of nitrogen functional groups attached to an aromatic ring is 1. The van der Waals surface area contributed by atoms with Crippen LogP contribution in [0.3, 0.4) is 0 Å². The summed E-state index contributed by atoms with van der Waals surface area (Å²) in [4.78, 5) is 17.4. The maximum Gasteiger partial charge on any atom is 0.263 e. The second-order valence-corrected chi connectivity index (χ2v) is 7.02. The molecule has 2 heterocycles. The van der Waals surface area contributed by atoms with Gasteiger partial charge in [0.1, 0.15) is 9.71 Å². The number of hydrogen-bond donors (Lipinski definition) is 2. The molecule has 0 spiro atoms. The number of thiophene rings is 1. The van der Waals surface area contributed by atoms with E-state index >= 15 is 0 Å². The Hall–Kier alpha value is -1.47. The summed E-state index contributed by atoms with van der Waals surface area (Å²) in [5, 5.41) is 3.46. The molecule has 0 fully saturated rings. The Morgan fingerprint density at radius 3 is 3.00 bits per heavy atom. The van der Waals surface area contributed by atoms with Crippen LogP contribution in [-0.2, 0) is 10.8 Å². The number of hydrogen-bond acceptors (Lipinski definition) is 5. The maximum atomic E-state index is 12.1. The molecular weight excluding hydrogens is 282 g/mol. The van der Waals surface area contributed by atoms with Crippen LogP contribution in [0.25, 0.3) is 10.2 Å². The van der Waals surface area contributed by atoms with Gasteiger partial charge in [0.15, 0.2) is 0 Å². The number of rotatable bonds is 4. The van der Waals surface area contributed by atoms with E-state index in [4.69, 9.17) is 5.73 Å². The number of anilines is 1. The summed E-state index contributed by atoms with van der Waals surface area (Å²) in [6.07, 6.45) is 3.29. The van der Waals surface area contributed by atoms with E-state index in [1.807, 2.05) is 13.0 Å². The van der Waals surface area contributed by atoms with Crippen molar-refractivity contribution >= 4 is 43.9 Å². The van der Waals surface area contributed by atoms with Crippen LogP contribution >= 0.6 is 11.3 Å². The fourth-order valence-corrected chi connectivity index (χ4v) is 2.85. The lowest BCUT2D eigenvalue weighted by Gasteiger charge is -2.09. The van der Waals surface area contributed by atoms with E-state index < -0.39 is 10.8 Å². The Bertz CT molecular complexity index is 639. The Kier molecular flexibility index (Phi) is 4.16. The fourth-order valence-electron chi connectivity index (χ4n) is 1.55. The van der Waals surface area contributed by atoms with Crippen LogP contribution in [-0.4, -0.2) is 33.2 Å². The van der Waals surface area contributed by atoms with Crippen molar-refractivity contribution in [2.45, 2.75) is 12.2 Å². The Balaban J connectivity index is 2.18. The predicted molar refractivity (Wildman–Crippen MR) is 79.9 cm³/mol. The minimum atomic E-state index is -0.958. The summed E-state index contributed by atoms with van der Waals surface area (Å²) in [5.41, 5.74) is 6.41. The monoisotopic (exact) mass is 297 g/mol. The summed E-state index contributed by atoms with van der Waals surface area (Å²) in [7, 11) is -0.958. The highest BCUT2D eigenvalue weighted by molar-refractivity contribution is 7.84. The molecule has 2 unspecified atom stereocenters. The molecule has 0 aromatic carbocycles. The van der Waals surface area contributed by atoms with E-state index in [2.05, 4.69) is 10.3 Å². The SMILES string of the molecule is CC(CNC(=O)c1sc2ncccc2c1N)S(C)=O. The molecule has 0 radical (unpaired) electrons. The number of pyridine rings is 1. The largest absolute Gasteiger partial charge is 0.397 e. The van der Waals surface area contributed by atoms with Crippen molar-refractivity contribution in [3.63, 3.8) is 0 Å². The standard InChI is InChI=1S/C12H15N3O2S2/c1-7(19(2)17)6-15-11(16)10-9(13)8-4-3-5-14-12(8)18-10/h3-5,7H,6,13H2,1-2H3,(H,15,16). The van der Waals surface area contributed by atoms with E-state index in [1.165, 1.54) is 11.3 Å². The first-order valence-corrected chi connectivity index (χ1v) is 8.18. The van der Waals surface area contributed by atoms with Crippen LogP contribution in [0.15, 0.2) is 18.3 Å². The summed E-state index contributed by atoms with van der Waals surface area (Å²) >= 11 is 1.27. The zero-order valence-corrected chi connectivity index (χ0v) is 12.3. The van der Waals surface area contributed by atoms with Gasteiger partial charge in [-0.15, -0.1) is 11.3 Å². The molecule has 2 atom stereocenters. The van der Waals surface area contributed by atoms with E-state index in [0.717, 1.165) is 10.2 Å². The second kappa shape index (κ2) is 5.66. The van der Waals surface area contributed by atoms with Crippen molar-refractivity contribution in [3.8, 4) is 0 Å². The van der Waals surface area contributed by atoms with Gasteiger partial charge < -0.3 is 11.1 Å². The highest BCUT2D eigenvalue weighted by Gasteiger charge is 2.17. The lowest BCUT2D eigenvalue weighted by molar-refractivity contribution is 0.0959. The summed E-state index contributed by atoms with van der Waals surface area (Å²) in [5.74, 6) is -0.238. The van der Waals surface area contributed by atoms with Crippen molar-refractivity contribution in [2.75, 3.05) is 18.5 Å². The van der Waals surface area contributed by atoms with Gasteiger partial charge in [-0.05, 0) is 19.1 Å². The van der Waals surface area contributed by atoms with Crippen molar-refractivity contribution < 1.29 is 9.00 Å². The molecule has 2 aromatic rings. The third-order valence-corrected chi connectivity index (χ3v) is 5.26. The van der Waals surface area contributed by atoms with Gasteiger partial charge in [-0.2, -0.15) is 0 Å². The van der Waals surface area contributed by atoms with Gasteiger partial charge in [0, 0.05) is 40.4 Å². The number of amides is 1. The third kappa shape index (κ3) is 2.93. The van der Waals surface area contributed by atoms with Gasteiger partial charge >= 0.3 is 0 Å². The topological polar surface area (TPSA) is 85.1 Å². The Morgan fingerprint density at radius 1 is 1.63 bits per heavy atom. The summed E-state index contributed by atoms with van der Waals surface area (Å²) < 4.78 is 11.2. The van der Waals surface area contributed by atoms with Gasteiger partial charge in [-0.25, -0.2) is 4.98 Å². The number of nitrogens with one attached hydrogen (secondary N) is 1. The maximum absolute atomic E-state index is 12.1. The smallest absolute Gasteiger partial charge is 0.263 e. The lowest BCUT2D eigenvalue weighted by atomic mass is 10.2. The molecule has 0 saturated heterocycles. The summed E-state index contributed by atoms with van der Waals surface area (Å²) in [6.45, 7) is 2.19. The van der Waals surface area contributed by atoms with E-state index in [-0.39, 0.29) is 11.2 Å². The Morgan fingerprint density at radius 2 is 2.37 bits per heavy atom. The number of fused-ring (bicyclic) bond motifs is 1. The lowest BCUT2D eigenvalue weighted by Crippen LogP contribution is -2.32. The number of nitrogens with two attached hydrogens (primary N) is 1.